The van der Waals surface area contributed by atoms with Gasteiger partial charge in [0.15, 0.2) is 0 Å². The van der Waals surface area contributed by atoms with Crippen molar-refractivity contribution in [1.82, 2.24) is 14.5 Å². The van der Waals surface area contributed by atoms with E-state index in [0.717, 1.165) is 26.4 Å². The second-order valence-corrected chi connectivity index (χ2v) is 7.64. The normalized spacial score (nSPS) is 11.4. The number of hydrogen-bond acceptors (Lipinski definition) is 5. The number of ether oxygens (including phenoxy) is 1. The number of aryl methyl sites for hydroxylation is 2. The molecule has 0 saturated heterocycles. The number of aromatic nitrogens is 3. The van der Waals surface area contributed by atoms with Gasteiger partial charge >= 0.3 is 0 Å². The van der Waals surface area contributed by atoms with Gasteiger partial charge in [0.25, 0.3) is 5.56 Å². The fraction of sp³-hybridized carbons (Fsp3) is 0.211. The zero-order valence-corrected chi connectivity index (χ0v) is 16.3. The molecular formula is C19H16ClN3O2S. The Morgan fingerprint density at radius 3 is 2.62 bits per heavy atom. The Morgan fingerprint density at radius 2 is 1.88 bits per heavy atom. The number of halogens is 1. The van der Waals surface area contributed by atoms with Crippen LogP contribution < -0.4 is 10.3 Å². The molecule has 0 bridgehead atoms. The van der Waals surface area contributed by atoms with Crippen LogP contribution in [-0.4, -0.2) is 21.6 Å². The average Bonchev–Trinajstić information content (AvgIpc) is 3.04. The molecule has 0 fully saturated rings. The SMILES string of the molecule is COc1cc(Cl)c2nc(-c3cc(C)cc4c(=O)n(C)c(C)nc34)sc2c1. The highest BCUT2D eigenvalue weighted by molar-refractivity contribution is 7.21. The highest BCUT2D eigenvalue weighted by atomic mass is 35.5. The Balaban J connectivity index is 2.07. The highest BCUT2D eigenvalue weighted by Gasteiger charge is 2.17. The lowest BCUT2D eigenvalue weighted by Crippen LogP contribution is -2.20. The van der Waals surface area contributed by atoms with Crippen LogP contribution in [0.3, 0.4) is 0 Å². The molecule has 0 aliphatic heterocycles. The molecule has 2 heterocycles. The standard InChI is InChI=1S/C19H16ClN3O2S/c1-9-5-12(16-13(6-9)19(24)23(3)10(2)21-16)18-22-17-14(20)7-11(25-4)8-15(17)26-18/h5-8H,1-4H3. The Kier molecular flexibility index (Phi) is 3.97. The number of nitrogens with zero attached hydrogens (tertiary/aromatic N) is 3. The maximum atomic E-state index is 12.7. The molecule has 4 rings (SSSR count). The molecule has 7 heteroatoms. The first-order chi connectivity index (χ1) is 12.4. The molecule has 0 aliphatic carbocycles. The first-order valence-corrected chi connectivity index (χ1v) is 9.21. The van der Waals surface area contributed by atoms with Crippen molar-refractivity contribution in [3.63, 3.8) is 0 Å². The van der Waals surface area contributed by atoms with Crippen LogP contribution in [0.15, 0.2) is 29.1 Å². The summed E-state index contributed by atoms with van der Waals surface area (Å²) >= 11 is 7.87. The van der Waals surface area contributed by atoms with Crippen molar-refractivity contribution in [2.24, 2.45) is 7.05 Å². The van der Waals surface area contributed by atoms with Crippen molar-refractivity contribution >= 4 is 44.1 Å². The van der Waals surface area contributed by atoms with E-state index in [4.69, 9.17) is 21.3 Å². The summed E-state index contributed by atoms with van der Waals surface area (Å²) in [5.41, 5.74) is 3.16. The molecule has 0 aliphatic rings. The first-order valence-electron chi connectivity index (χ1n) is 8.01. The van der Waals surface area contributed by atoms with Crippen LogP contribution in [0, 0.1) is 13.8 Å². The smallest absolute Gasteiger partial charge is 0.261 e. The number of benzene rings is 2. The van der Waals surface area contributed by atoms with Gasteiger partial charge in [-0.2, -0.15) is 0 Å². The van der Waals surface area contributed by atoms with Crippen molar-refractivity contribution in [2.75, 3.05) is 7.11 Å². The van der Waals surface area contributed by atoms with E-state index in [1.165, 1.54) is 11.3 Å². The largest absolute Gasteiger partial charge is 0.497 e. The maximum Gasteiger partial charge on any atom is 0.261 e. The summed E-state index contributed by atoms with van der Waals surface area (Å²) in [6.07, 6.45) is 0. The van der Waals surface area contributed by atoms with Gasteiger partial charge in [0.2, 0.25) is 0 Å². The third-order valence-electron chi connectivity index (χ3n) is 4.44. The van der Waals surface area contributed by atoms with E-state index in [-0.39, 0.29) is 5.56 Å². The van der Waals surface area contributed by atoms with E-state index >= 15 is 0 Å². The van der Waals surface area contributed by atoms with Gasteiger partial charge < -0.3 is 4.74 Å². The fourth-order valence-electron chi connectivity index (χ4n) is 2.99. The fourth-order valence-corrected chi connectivity index (χ4v) is 4.33. The van der Waals surface area contributed by atoms with Gasteiger partial charge in [0.1, 0.15) is 22.1 Å². The van der Waals surface area contributed by atoms with E-state index < -0.39 is 0 Å². The quantitative estimate of drug-likeness (QED) is 0.510. The minimum absolute atomic E-state index is 0.0572. The Labute approximate surface area is 158 Å². The van der Waals surface area contributed by atoms with Crippen LogP contribution >= 0.6 is 22.9 Å². The molecule has 0 saturated carbocycles. The summed E-state index contributed by atoms with van der Waals surface area (Å²) in [5.74, 6) is 1.35. The van der Waals surface area contributed by atoms with Gasteiger partial charge in [-0.15, -0.1) is 11.3 Å². The van der Waals surface area contributed by atoms with Crippen LogP contribution in [0.25, 0.3) is 31.7 Å². The summed E-state index contributed by atoms with van der Waals surface area (Å²) in [7, 11) is 3.34. The van der Waals surface area contributed by atoms with E-state index in [2.05, 4.69) is 4.98 Å². The average molecular weight is 386 g/mol. The molecule has 5 nitrogen and oxygen atoms in total. The lowest BCUT2D eigenvalue weighted by molar-refractivity contribution is 0.415. The Bertz CT molecular complexity index is 1240. The summed E-state index contributed by atoms with van der Waals surface area (Å²) < 4.78 is 7.78. The molecule has 132 valence electrons. The molecule has 4 aromatic rings. The molecular weight excluding hydrogens is 370 g/mol. The Hall–Kier alpha value is -2.44. The van der Waals surface area contributed by atoms with Crippen LogP contribution in [0.5, 0.6) is 5.75 Å². The van der Waals surface area contributed by atoms with Crippen molar-refractivity contribution in [3.8, 4) is 16.3 Å². The summed E-state index contributed by atoms with van der Waals surface area (Å²) in [4.78, 5) is 22.0. The van der Waals surface area contributed by atoms with Gasteiger partial charge in [0.05, 0.1) is 27.7 Å². The molecule has 0 atom stereocenters. The molecule has 2 aromatic heterocycles. The summed E-state index contributed by atoms with van der Waals surface area (Å²) in [5, 5.41) is 1.92. The monoisotopic (exact) mass is 385 g/mol. The van der Waals surface area contributed by atoms with Crippen LogP contribution in [0.1, 0.15) is 11.4 Å². The predicted octanol–water partition coefficient (Wildman–Crippen LogP) is 4.49. The lowest BCUT2D eigenvalue weighted by atomic mass is 10.1. The Morgan fingerprint density at radius 1 is 1.12 bits per heavy atom. The van der Waals surface area contributed by atoms with E-state index in [1.54, 1.807) is 24.8 Å². The number of methoxy groups -OCH3 is 1. The minimum atomic E-state index is -0.0572. The first kappa shape index (κ1) is 17.0. The summed E-state index contributed by atoms with van der Waals surface area (Å²) in [6, 6.07) is 7.55. The zero-order valence-electron chi connectivity index (χ0n) is 14.8. The van der Waals surface area contributed by atoms with E-state index in [1.807, 2.05) is 32.0 Å². The van der Waals surface area contributed by atoms with Crippen LogP contribution in [0.4, 0.5) is 0 Å². The number of fused-ring (bicyclic) bond motifs is 2. The highest BCUT2D eigenvalue weighted by Crippen LogP contribution is 2.38. The molecule has 0 radical (unpaired) electrons. The van der Waals surface area contributed by atoms with Gasteiger partial charge in [-0.05, 0) is 37.6 Å². The van der Waals surface area contributed by atoms with Gasteiger partial charge in [-0.25, -0.2) is 9.97 Å². The third-order valence-corrected chi connectivity index (χ3v) is 5.76. The lowest BCUT2D eigenvalue weighted by Gasteiger charge is -2.09. The van der Waals surface area contributed by atoms with Crippen molar-refractivity contribution in [2.45, 2.75) is 13.8 Å². The third kappa shape index (κ3) is 2.57. The molecule has 0 amide bonds. The maximum absolute atomic E-state index is 12.7. The van der Waals surface area contributed by atoms with Crippen LogP contribution in [0.2, 0.25) is 5.02 Å². The number of rotatable bonds is 2. The molecule has 0 spiro atoms. The van der Waals surface area contributed by atoms with Crippen molar-refractivity contribution < 1.29 is 4.74 Å². The van der Waals surface area contributed by atoms with E-state index in [0.29, 0.717) is 27.5 Å². The molecule has 0 N–H and O–H groups in total. The van der Waals surface area contributed by atoms with Crippen LogP contribution in [-0.2, 0) is 7.05 Å². The second-order valence-electron chi connectivity index (χ2n) is 6.21. The molecule has 26 heavy (non-hydrogen) atoms. The van der Waals surface area contributed by atoms with Gasteiger partial charge in [-0.1, -0.05) is 11.6 Å². The molecule has 2 aromatic carbocycles. The topological polar surface area (TPSA) is 57.0 Å². The van der Waals surface area contributed by atoms with Crippen molar-refractivity contribution in [1.29, 1.82) is 0 Å². The second kappa shape index (κ2) is 6.07. The number of hydrogen-bond donors (Lipinski definition) is 0. The minimum Gasteiger partial charge on any atom is -0.497 e. The zero-order chi connectivity index (χ0) is 18.6. The summed E-state index contributed by atoms with van der Waals surface area (Å²) in [6.45, 7) is 3.79. The molecule has 0 unspecified atom stereocenters. The van der Waals surface area contributed by atoms with Gasteiger partial charge in [0, 0.05) is 18.7 Å². The van der Waals surface area contributed by atoms with Gasteiger partial charge in [-0.3, -0.25) is 9.36 Å². The van der Waals surface area contributed by atoms with Crippen molar-refractivity contribution in [3.05, 3.63) is 51.0 Å². The van der Waals surface area contributed by atoms with E-state index in [9.17, 15) is 4.79 Å². The predicted molar refractivity (Wildman–Crippen MR) is 107 cm³/mol. The number of thiazole rings is 1.